The Hall–Kier alpha value is -1.66. The summed E-state index contributed by atoms with van der Waals surface area (Å²) in [6.07, 6.45) is 2.09. The van der Waals surface area contributed by atoms with Crippen LogP contribution in [0.4, 0.5) is 0 Å². The molecule has 0 saturated carbocycles. The minimum Gasteiger partial charge on any atom is -0.463 e. The molecular formula is C14H18O5S. The number of rotatable bonds is 8. The highest BCUT2D eigenvalue weighted by Crippen LogP contribution is 2.17. The Kier molecular flexibility index (Phi) is 6.41. The van der Waals surface area contributed by atoms with Gasteiger partial charge in [-0.1, -0.05) is 24.8 Å². The fraction of sp³-hybridized carbons (Fsp3) is 0.357. The van der Waals surface area contributed by atoms with Crippen molar-refractivity contribution in [1.29, 1.82) is 0 Å². The Balaban J connectivity index is 2.36. The van der Waals surface area contributed by atoms with Crippen LogP contribution >= 0.6 is 0 Å². The van der Waals surface area contributed by atoms with Crippen LogP contribution in [0, 0.1) is 6.92 Å². The second-order valence-electron chi connectivity index (χ2n) is 4.12. The minimum atomic E-state index is -3.72. The second-order valence-corrected chi connectivity index (χ2v) is 5.70. The highest BCUT2D eigenvalue weighted by molar-refractivity contribution is 7.86. The number of hydrogen-bond donors (Lipinski definition) is 0. The monoisotopic (exact) mass is 298 g/mol. The van der Waals surface area contributed by atoms with Gasteiger partial charge in [-0.3, -0.25) is 4.18 Å². The summed E-state index contributed by atoms with van der Waals surface area (Å²) in [5.74, 6) is -0.488. The van der Waals surface area contributed by atoms with Gasteiger partial charge in [-0.25, -0.2) is 4.79 Å². The van der Waals surface area contributed by atoms with Crippen LogP contribution in [0.25, 0.3) is 0 Å². The first kappa shape index (κ1) is 16.4. The van der Waals surface area contributed by atoms with Crippen molar-refractivity contribution in [3.63, 3.8) is 0 Å². The summed E-state index contributed by atoms with van der Waals surface area (Å²) >= 11 is 0. The number of aryl methyl sites for hydroxylation is 1. The summed E-state index contributed by atoms with van der Waals surface area (Å²) in [6, 6.07) is 6.64. The highest BCUT2D eigenvalue weighted by atomic mass is 32.2. The van der Waals surface area contributed by atoms with Crippen LogP contribution in [0.1, 0.15) is 18.4 Å². The number of unbranched alkanes of at least 4 members (excludes halogenated alkanes) is 1. The van der Waals surface area contributed by atoms with E-state index in [0.29, 0.717) is 18.4 Å². The van der Waals surface area contributed by atoms with Gasteiger partial charge in [0.05, 0.1) is 18.1 Å². The van der Waals surface area contributed by atoms with Gasteiger partial charge in [0.25, 0.3) is 10.1 Å². The van der Waals surface area contributed by atoms with Crippen molar-refractivity contribution in [3.05, 3.63) is 42.5 Å². The number of esters is 1. The molecule has 0 saturated heterocycles. The quantitative estimate of drug-likeness (QED) is 0.318. The number of carbonyl (C=O) groups is 1. The number of benzene rings is 1. The van der Waals surface area contributed by atoms with Crippen molar-refractivity contribution in [2.45, 2.75) is 24.7 Å². The SMILES string of the molecule is C=CC(=O)OCCCCOS(=O)(=O)c1ccccc1C. The van der Waals surface area contributed by atoms with E-state index >= 15 is 0 Å². The van der Waals surface area contributed by atoms with Gasteiger partial charge in [0.2, 0.25) is 0 Å². The molecule has 110 valence electrons. The molecule has 0 aliphatic heterocycles. The van der Waals surface area contributed by atoms with Crippen molar-refractivity contribution >= 4 is 16.1 Å². The molecule has 0 aliphatic carbocycles. The molecule has 0 spiro atoms. The molecule has 0 fully saturated rings. The van der Waals surface area contributed by atoms with E-state index in [-0.39, 0.29) is 18.1 Å². The molecule has 6 heteroatoms. The Morgan fingerprint density at radius 2 is 1.90 bits per heavy atom. The minimum absolute atomic E-state index is 0.0578. The lowest BCUT2D eigenvalue weighted by molar-refractivity contribution is -0.137. The molecular weight excluding hydrogens is 280 g/mol. The Morgan fingerprint density at radius 1 is 1.25 bits per heavy atom. The lowest BCUT2D eigenvalue weighted by Crippen LogP contribution is -2.10. The smallest absolute Gasteiger partial charge is 0.330 e. The Bertz CT molecular complexity index is 563. The van der Waals surface area contributed by atoms with Gasteiger partial charge in [-0.05, 0) is 31.4 Å². The average Bonchev–Trinajstić information content (AvgIpc) is 2.42. The van der Waals surface area contributed by atoms with Crippen LogP contribution in [0.3, 0.4) is 0 Å². The molecule has 0 amide bonds. The van der Waals surface area contributed by atoms with Crippen molar-refractivity contribution in [2.24, 2.45) is 0 Å². The molecule has 0 N–H and O–H groups in total. The lowest BCUT2D eigenvalue weighted by atomic mass is 10.2. The molecule has 0 unspecified atom stereocenters. The van der Waals surface area contributed by atoms with Crippen molar-refractivity contribution in [1.82, 2.24) is 0 Å². The summed E-state index contributed by atoms with van der Waals surface area (Å²) in [5.41, 5.74) is 0.646. The molecule has 0 heterocycles. The van der Waals surface area contributed by atoms with Crippen LogP contribution in [-0.4, -0.2) is 27.6 Å². The van der Waals surface area contributed by atoms with E-state index in [2.05, 4.69) is 6.58 Å². The maximum atomic E-state index is 11.9. The molecule has 0 aliphatic rings. The third kappa shape index (κ3) is 5.14. The van der Waals surface area contributed by atoms with Crippen molar-refractivity contribution in [2.75, 3.05) is 13.2 Å². The van der Waals surface area contributed by atoms with E-state index in [1.165, 1.54) is 6.07 Å². The van der Waals surface area contributed by atoms with E-state index in [9.17, 15) is 13.2 Å². The van der Waals surface area contributed by atoms with Gasteiger partial charge in [0.1, 0.15) is 0 Å². The Morgan fingerprint density at radius 3 is 2.55 bits per heavy atom. The summed E-state index contributed by atoms with van der Waals surface area (Å²) in [5, 5.41) is 0. The molecule has 0 radical (unpaired) electrons. The van der Waals surface area contributed by atoms with Crippen molar-refractivity contribution in [3.8, 4) is 0 Å². The summed E-state index contributed by atoms with van der Waals surface area (Å²) in [7, 11) is -3.72. The van der Waals surface area contributed by atoms with E-state index in [0.717, 1.165) is 6.08 Å². The number of carbonyl (C=O) groups excluding carboxylic acids is 1. The normalized spacial score (nSPS) is 11.1. The fourth-order valence-corrected chi connectivity index (χ4v) is 2.68. The van der Waals surface area contributed by atoms with E-state index < -0.39 is 16.1 Å². The zero-order valence-electron chi connectivity index (χ0n) is 11.4. The zero-order chi connectivity index (χ0) is 15.0. The molecule has 1 aromatic rings. The maximum Gasteiger partial charge on any atom is 0.330 e. The topological polar surface area (TPSA) is 69.7 Å². The average molecular weight is 298 g/mol. The fourth-order valence-electron chi connectivity index (χ4n) is 1.50. The third-order valence-corrected chi connectivity index (χ3v) is 4.02. The van der Waals surface area contributed by atoms with Gasteiger partial charge >= 0.3 is 5.97 Å². The van der Waals surface area contributed by atoms with Crippen LogP contribution in [0.5, 0.6) is 0 Å². The predicted octanol–water partition coefficient (Wildman–Crippen LogP) is 2.21. The van der Waals surface area contributed by atoms with Gasteiger partial charge < -0.3 is 4.74 Å². The first-order valence-corrected chi connectivity index (χ1v) is 7.62. The predicted molar refractivity (Wildman–Crippen MR) is 74.7 cm³/mol. The lowest BCUT2D eigenvalue weighted by Gasteiger charge is -2.08. The molecule has 1 aromatic carbocycles. The van der Waals surface area contributed by atoms with Gasteiger partial charge in [-0.15, -0.1) is 0 Å². The highest BCUT2D eigenvalue weighted by Gasteiger charge is 2.16. The number of hydrogen-bond acceptors (Lipinski definition) is 5. The largest absolute Gasteiger partial charge is 0.463 e. The summed E-state index contributed by atoms with van der Waals surface area (Å²) in [4.78, 5) is 10.9. The van der Waals surface area contributed by atoms with Crippen LogP contribution < -0.4 is 0 Å². The molecule has 5 nitrogen and oxygen atoms in total. The second kappa shape index (κ2) is 7.81. The zero-order valence-corrected chi connectivity index (χ0v) is 12.2. The summed E-state index contributed by atoms with van der Waals surface area (Å²) in [6.45, 7) is 5.26. The first-order chi connectivity index (χ1) is 9.47. The molecule has 0 bridgehead atoms. The summed E-state index contributed by atoms with van der Waals surface area (Å²) < 4.78 is 33.5. The first-order valence-electron chi connectivity index (χ1n) is 6.21. The standard InChI is InChI=1S/C14H18O5S/c1-3-14(15)18-10-6-7-11-19-20(16,17)13-9-5-4-8-12(13)2/h3-5,8-9H,1,6-7,10-11H2,2H3. The molecule has 0 aromatic heterocycles. The maximum absolute atomic E-state index is 11.9. The third-order valence-electron chi connectivity index (χ3n) is 2.55. The van der Waals surface area contributed by atoms with Crippen LogP contribution in [-0.2, 0) is 23.8 Å². The van der Waals surface area contributed by atoms with Gasteiger partial charge in [-0.2, -0.15) is 8.42 Å². The Labute approximate surface area is 119 Å². The molecule has 0 atom stereocenters. The molecule has 1 rings (SSSR count). The van der Waals surface area contributed by atoms with Crippen molar-refractivity contribution < 1.29 is 22.1 Å². The molecule has 20 heavy (non-hydrogen) atoms. The van der Waals surface area contributed by atoms with Gasteiger partial charge in [0, 0.05) is 6.08 Å². The number of ether oxygens (including phenoxy) is 1. The van der Waals surface area contributed by atoms with Crippen LogP contribution in [0.15, 0.2) is 41.8 Å². The van der Waals surface area contributed by atoms with E-state index in [4.69, 9.17) is 8.92 Å². The van der Waals surface area contributed by atoms with Crippen LogP contribution in [0.2, 0.25) is 0 Å². The van der Waals surface area contributed by atoms with Gasteiger partial charge in [0.15, 0.2) is 0 Å². The van der Waals surface area contributed by atoms with E-state index in [1.54, 1.807) is 25.1 Å². The van der Waals surface area contributed by atoms with E-state index in [1.807, 2.05) is 0 Å².